The van der Waals surface area contributed by atoms with Crippen LogP contribution in [0.15, 0.2) is 55.1 Å². The molecule has 0 saturated carbocycles. The summed E-state index contributed by atoms with van der Waals surface area (Å²) in [5.74, 6) is 0. The highest BCUT2D eigenvalue weighted by molar-refractivity contribution is 5.14. The van der Waals surface area contributed by atoms with Gasteiger partial charge in [-0.25, -0.2) is 0 Å². The lowest BCUT2D eigenvalue weighted by Gasteiger charge is -2.01. The number of nitrogens with zero attached hydrogens (tertiary/aromatic N) is 2. The summed E-state index contributed by atoms with van der Waals surface area (Å²) in [6, 6.07) is 12.1. The molecule has 1 aromatic carbocycles. The van der Waals surface area contributed by atoms with Gasteiger partial charge in [0.1, 0.15) is 19.0 Å². The van der Waals surface area contributed by atoms with E-state index in [1.807, 2.05) is 30.5 Å². The number of benzene rings is 1. The van der Waals surface area contributed by atoms with Crippen LogP contribution >= 0.6 is 0 Å². The molecule has 0 spiro atoms. The quantitative estimate of drug-likeness (QED) is 0.691. The Labute approximate surface area is 88.9 Å². The molecule has 0 saturated heterocycles. The van der Waals surface area contributed by atoms with Crippen molar-refractivity contribution in [2.75, 3.05) is 6.61 Å². The molecule has 0 N–H and O–H groups in total. The number of hydrogen-bond donors (Lipinski definition) is 0. The Morgan fingerprint density at radius 2 is 2.00 bits per heavy atom. The van der Waals surface area contributed by atoms with Crippen LogP contribution in [0, 0.1) is 0 Å². The van der Waals surface area contributed by atoms with Gasteiger partial charge in [0.25, 0.3) is 0 Å². The summed E-state index contributed by atoms with van der Waals surface area (Å²) in [4.78, 5) is 9.41. The van der Waals surface area contributed by atoms with Crippen molar-refractivity contribution in [2.45, 2.75) is 6.42 Å². The Morgan fingerprint density at radius 1 is 1.13 bits per heavy atom. The molecular formula is C12H13N2O+. The highest BCUT2D eigenvalue weighted by Crippen LogP contribution is 1.97. The van der Waals surface area contributed by atoms with E-state index in [9.17, 15) is 0 Å². The van der Waals surface area contributed by atoms with Crippen LogP contribution in [0.3, 0.4) is 0 Å². The van der Waals surface area contributed by atoms with Gasteiger partial charge in [0.2, 0.25) is 0 Å². The molecule has 0 aliphatic carbocycles. The Hall–Kier alpha value is -1.90. The normalized spacial score (nSPS) is 9.87. The van der Waals surface area contributed by atoms with Gasteiger partial charge in [-0.3, -0.25) is 0 Å². The number of hydrogen-bond acceptors (Lipinski definition) is 2. The average molecular weight is 201 g/mol. The molecule has 3 heteroatoms. The molecule has 0 aliphatic heterocycles. The van der Waals surface area contributed by atoms with E-state index in [4.69, 9.17) is 4.84 Å². The molecule has 2 rings (SSSR count). The molecule has 0 radical (unpaired) electrons. The molecule has 0 unspecified atom stereocenters. The van der Waals surface area contributed by atoms with Crippen molar-refractivity contribution < 1.29 is 9.57 Å². The maximum atomic E-state index is 5.46. The topological polar surface area (TPSA) is 26.0 Å². The van der Waals surface area contributed by atoms with Crippen LogP contribution in [0.2, 0.25) is 0 Å². The summed E-state index contributed by atoms with van der Waals surface area (Å²) < 4.78 is 1.61. The Bertz CT molecular complexity index is 349. The van der Waals surface area contributed by atoms with Crippen molar-refractivity contribution in [3.63, 3.8) is 0 Å². The minimum Gasteiger partial charge on any atom is -0.336 e. The molecule has 0 bridgehead atoms. The Balaban J connectivity index is 1.81. The lowest BCUT2D eigenvalue weighted by molar-refractivity contribution is -0.893. The van der Waals surface area contributed by atoms with Crippen molar-refractivity contribution in [3.05, 3.63) is 60.7 Å². The second-order valence-electron chi connectivity index (χ2n) is 3.18. The van der Waals surface area contributed by atoms with E-state index in [-0.39, 0.29) is 0 Å². The standard InChI is InChI=1S/C12H13N2O/c1-2-5-12(6-3-1)7-10-15-14-9-4-8-13-11-14/h1-6,8-9,11H,7,10H2/q+1. The van der Waals surface area contributed by atoms with E-state index in [2.05, 4.69) is 17.1 Å². The third kappa shape index (κ3) is 3.06. The minimum absolute atomic E-state index is 0.653. The molecule has 0 fully saturated rings. The van der Waals surface area contributed by atoms with E-state index in [0.29, 0.717) is 6.61 Å². The van der Waals surface area contributed by atoms with Gasteiger partial charge in [-0.2, -0.15) is 0 Å². The summed E-state index contributed by atoms with van der Waals surface area (Å²) in [5.41, 5.74) is 1.28. The highest BCUT2D eigenvalue weighted by Gasteiger charge is 1.97. The van der Waals surface area contributed by atoms with Gasteiger partial charge in [-0.05, 0) is 5.56 Å². The van der Waals surface area contributed by atoms with Crippen molar-refractivity contribution in [1.82, 2.24) is 4.98 Å². The SMILES string of the molecule is c1ccc(CCO[n+]2cccnc2)cc1. The second-order valence-corrected chi connectivity index (χ2v) is 3.18. The summed E-state index contributed by atoms with van der Waals surface area (Å²) in [6.07, 6.45) is 6.10. The monoisotopic (exact) mass is 201 g/mol. The maximum Gasteiger partial charge on any atom is 0.324 e. The van der Waals surface area contributed by atoms with Crippen LogP contribution in [-0.4, -0.2) is 11.6 Å². The molecule has 2 aromatic rings. The predicted molar refractivity (Wildman–Crippen MR) is 56.0 cm³/mol. The third-order valence-electron chi connectivity index (χ3n) is 2.06. The molecule has 0 aliphatic rings. The van der Waals surface area contributed by atoms with Crippen LogP contribution in [0.5, 0.6) is 0 Å². The molecule has 0 atom stereocenters. The van der Waals surface area contributed by atoms with Crippen molar-refractivity contribution in [3.8, 4) is 0 Å². The molecule has 0 amide bonds. The van der Waals surface area contributed by atoms with Crippen LogP contribution in [-0.2, 0) is 6.42 Å². The molecule has 15 heavy (non-hydrogen) atoms. The zero-order chi connectivity index (χ0) is 10.3. The zero-order valence-electron chi connectivity index (χ0n) is 8.41. The summed E-state index contributed by atoms with van der Waals surface area (Å²) >= 11 is 0. The number of aromatic nitrogens is 2. The molecule has 1 aromatic heterocycles. The molecule has 76 valence electrons. The Kier molecular flexibility index (Phi) is 3.28. The average Bonchev–Trinajstić information content (AvgIpc) is 2.32. The lowest BCUT2D eigenvalue weighted by atomic mass is 10.2. The fraction of sp³-hybridized carbons (Fsp3) is 0.167. The fourth-order valence-electron chi connectivity index (χ4n) is 1.31. The summed E-state index contributed by atoms with van der Waals surface area (Å²) in [5, 5.41) is 0. The summed E-state index contributed by atoms with van der Waals surface area (Å²) in [7, 11) is 0. The first-order valence-electron chi connectivity index (χ1n) is 4.93. The zero-order valence-corrected chi connectivity index (χ0v) is 8.41. The van der Waals surface area contributed by atoms with Crippen molar-refractivity contribution in [1.29, 1.82) is 0 Å². The van der Waals surface area contributed by atoms with Crippen molar-refractivity contribution in [2.24, 2.45) is 0 Å². The van der Waals surface area contributed by atoms with Gasteiger partial charge >= 0.3 is 6.33 Å². The highest BCUT2D eigenvalue weighted by atomic mass is 16.7. The first kappa shape index (κ1) is 9.65. The largest absolute Gasteiger partial charge is 0.336 e. The van der Waals surface area contributed by atoms with E-state index < -0.39 is 0 Å². The molecule has 3 nitrogen and oxygen atoms in total. The van der Waals surface area contributed by atoms with Gasteiger partial charge in [0.15, 0.2) is 0 Å². The maximum absolute atomic E-state index is 5.46. The van der Waals surface area contributed by atoms with Gasteiger partial charge in [-0.15, -0.1) is 0 Å². The van der Waals surface area contributed by atoms with Crippen LogP contribution in [0.25, 0.3) is 0 Å². The van der Waals surface area contributed by atoms with E-state index >= 15 is 0 Å². The van der Waals surface area contributed by atoms with Crippen LogP contribution in [0.1, 0.15) is 5.56 Å². The first-order valence-corrected chi connectivity index (χ1v) is 4.93. The fourth-order valence-corrected chi connectivity index (χ4v) is 1.31. The van der Waals surface area contributed by atoms with Gasteiger partial charge < -0.3 is 4.84 Å². The third-order valence-corrected chi connectivity index (χ3v) is 2.06. The number of rotatable bonds is 4. The summed E-state index contributed by atoms with van der Waals surface area (Å²) in [6.45, 7) is 0.653. The van der Waals surface area contributed by atoms with E-state index in [1.165, 1.54) is 5.56 Å². The van der Waals surface area contributed by atoms with Crippen LogP contribution < -0.4 is 9.57 Å². The Morgan fingerprint density at radius 3 is 2.73 bits per heavy atom. The molecular weight excluding hydrogens is 188 g/mol. The minimum atomic E-state index is 0.653. The smallest absolute Gasteiger partial charge is 0.324 e. The van der Waals surface area contributed by atoms with Crippen molar-refractivity contribution >= 4 is 0 Å². The molecule has 1 heterocycles. The van der Waals surface area contributed by atoms with E-state index in [1.54, 1.807) is 17.3 Å². The second kappa shape index (κ2) is 5.10. The first-order chi connectivity index (χ1) is 7.45. The lowest BCUT2D eigenvalue weighted by Crippen LogP contribution is -2.43. The van der Waals surface area contributed by atoms with Crippen LogP contribution in [0.4, 0.5) is 0 Å². The predicted octanol–water partition coefficient (Wildman–Crippen LogP) is 1.04. The van der Waals surface area contributed by atoms with Gasteiger partial charge in [-0.1, -0.05) is 40.0 Å². The van der Waals surface area contributed by atoms with Gasteiger partial charge in [0.05, 0.1) is 0 Å². The van der Waals surface area contributed by atoms with Gasteiger partial charge in [0, 0.05) is 12.5 Å². The van der Waals surface area contributed by atoms with E-state index in [0.717, 1.165) is 6.42 Å².